The number of aryl methyl sites for hydroxylation is 1. The van der Waals surface area contributed by atoms with E-state index in [1.54, 1.807) is 0 Å². The van der Waals surface area contributed by atoms with Gasteiger partial charge in [0.15, 0.2) is 5.75 Å². The number of anilines is 6. The number of para-hydroxylation sites is 6. The van der Waals surface area contributed by atoms with Crippen LogP contribution in [-0.4, -0.2) is 11.3 Å². The van der Waals surface area contributed by atoms with Crippen molar-refractivity contribution in [2.45, 2.75) is 25.7 Å². The second-order valence-electron chi connectivity index (χ2n) is 14.3. The normalized spacial score (nSPS) is 14.0. The standard InChI is InChI=1S/C48H36BN3O/c1-3-16-33(17-4-1)50-42-25-12-9-22-38(42)49-39-32-34(51-40-23-10-7-20-36(40)37-21-8-11-24-41(37)51)30-31-43(39)52(46-28-15-27-45(50)48(46)49)44-26-13-14-29-47(44)53-35-18-5-2-6-19-35/h1-7,9-10,12-20,22-23,25-32H,8,11,21,24H2. The van der Waals surface area contributed by atoms with Crippen LogP contribution >= 0.6 is 0 Å². The van der Waals surface area contributed by atoms with Crippen molar-refractivity contribution in [2.75, 3.05) is 9.80 Å². The fraction of sp³-hybridized carbons (Fsp3) is 0.0833. The van der Waals surface area contributed by atoms with Crippen molar-refractivity contribution < 1.29 is 4.74 Å². The van der Waals surface area contributed by atoms with E-state index in [4.69, 9.17) is 4.74 Å². The van der Waals surface area contributed by atoms with Crippen LogP contribution in [0.3, 0.4) is 0 Å². The van der Waals surface area contributed by atoms with Crippen LogP contribution in [0.1, 0.15) is 24.1 Å². The first-order chi connectivity index (χ1) is 26.3. The van der Waals surface area contributed by atoms with Gasteiger partial charge in [-0.15, -0.1) is 0 Å². The smallest absolute Gasteiger partial charge is 0.252 e. The Bertz CT molecular complexity index is 2680. The minimum Gasteiger partial charge on any atom is -0.455 e. The van der Waals surface area contributed by atoms with Crippen molar-refractivity contribution in [3.8, 4) is 17.2 Å². The van der Waals surface area contributed by atoms with Crippen molar-refractivity contribution in [1.82, 2.24) is 4.57 Å². The quantitative estimate of drug-likeness (QED) is 0.169. The molecule has 4 nitrogen and oxygen atoms in total. The molecule has 5 heteroatoms. The van der Waals surface area contributed by atoms with Crippen molar-refractivity contribution in [3.63, 3.8) is 0 Å². The molecule has 3 heterocycles. The lowest BCUT2D eigenvalue weighted by molar-refractivity contribution is 0.484. The van der Waals surface area contributed by atoms with E-state index in [2.05, 4.69) is 154 Å². The molecule has 1 aromatic heterocycles. The predicted octanol–water partition coefficient (Wildman–Crippen LogP) is 10.4. The molecule has 0 saturated carbocycles. The zero-order chi connectivity index (χ0) is 34.9. The molecule has 53 heavy (non-hydrogen) atoms. The Kier molecular flexibility index (Phi) is 6.87. The summed E-state index contributed by atoms with van der Waals surface area (Å²) in [4.78, 5) is 4.88. The third-order valence-electron chi connectivity index (χ3n) is 11.4. The molecular weight excluding hydrogens is 645 g/mol. The van der Waals surface area contributed by atoms with E-state index in [0.717, 1.165) is 41.4 Å². The van der Waals surface area contributed by atoms with Crippen LogP contribution in [0.4, 0.5) is 34.1 Å². The highest BCUT2D eigenvalue weighted by Crippen LogP contribution is 2.47. The summed E-state index contributed by atoms with van der Waals surface area (Å²) in [5.41, 5.74) is 16.3. The summed E-state index contributed by atoms with van der Waals surface area (Å²) in [6, 6.07) is 61.3. The highest BCUT2D eigenvalue weighted by Gasteiger charge is 2.43. The lowest BCUT2D eigenvalue weighted by Gasteiger charge is -2.44. The Hall–Kier alpha value is -6.46. The molecule has 252 valence electrons. The van der Waals surface area contributed by atoms with E-state index >= 15 is 0 Å². The Morgan fingerprint density at radius 3 is 2.00 bits per heavy atom. The molecule has 1 aliphatic carbocycles. The van der Waals surface area contributed by atoms with Crippen LogP contribution in [0.5, 0.6) is 11.5 Å². The van der Waals surface area contributed by atoms with Gasteiger partial charge in [-0.05, 0) is 126 Å². The van der Waals surface area contributed by atoms with Crippen LogP contribution in [0.25, 0.3) is 16.6 Å². The van der Waals surface area contributed by atoms with Crippen molar-refractivity contribution in [2.24, 2.45) is 0 Å². The van der Waals surface area contributed by atoms with E-state index in [1.807, 2.05) is 30.3 Å². The fourth-order valence-corrected chi connectivity index (χ4v) is 9.27. The molecule has 0 bridgehead atoms. The SMILES string of the molecule is c1ccc(Oc2ccccc2N2c3ccc(-n4c5c(c6ccccc64)CCCC5)cc3B3c4ccccc4N(c4ccccc4)c4cccc2c43)cc1. The highest BCUT2D eigenvalue weighted by atomic mass is 16.5. The Labute approximate surface area is 310 Å². The molecule has 2 aliphatic heterocycles. The van der Waals surface area contributed by atoms with E-state index < -0.39 is 0 Å². The van der Waals surface area contributed by atoms with Crippen LogP contribution in [0.2, 0.25) is 0 Å². The van der Waals surface area contributed by atoms with Gasteiger partial charge in [0.05, 0.1) is 11.2 Å². The van der Waals surface area contributed by atoms with E-state index in [9.17, 15) is 0 Å². The molecule has 0 radical (unpaired) electrons. The van der Waals surface area contributed by atoms with Crippen LogP contribution in [0, 0.1) is 0 Å². The summed E-state index contributed by atoms with van der Waals surface area (Å²) >= 11 is 0. The number of hydrogen-bond donors (Lipinski definition) is 0. The molecule has 0 spiro atoms. The average molecular weight is 682 g/mol. The van der Waals surface area contributed by atoms with Crippen LogP contribution in [-0.2, 0) is 12.8 Å². The minimum atomic E-state index is 0.0309. The summed E-state index contributed by atoms with van der Waals surface area (Å²) in [6.07, 6.45) is 4.72. The molecule has 0 saturated heterocycles. The van der Waals surface area contributed by atoms with Crippen molar-refractivity contribution in [3.05, 3.63) is 181 Å². The number of benzene rings is 7. The van der Waals surface area contributed by atoms with E-state index in [-0.39, 0.29) is 6.71 Å². The first kappa shape index (κ1) is 30.2. The summed E-state index contributed by atoms with van der Waals surface area (Å²) in [5.74, 6) is 1.63. The zero-order valence-electron chi connectivity index (χ0n) is 29.3. The fourth-order valence-electron chi connectivity index (χ4n) is 9.27. The molecule has 7 aromatic carbocycles. The minimum absolute atomic E-state index is 0.0309. The summed E-state index contributed by atoms with van der Waals surface area (Å²) in [6.45, 7) is 0.0309. The summed E-state index contributed by atoms with van der Waals surface area (Å²) in [7, 11) is 0. The van der Waals surface area contributed by atoms with E-state index in [0.29, 0.717) is 0 Å². The second-order valence-corrected chi connectivity index (χ2v) is 14.3. The molecule has 0 fully saturated rings. The lowest BCUT2D eigenvalue weighted by atomic mass is 9.33. The molecule has 11 rings (SSSR count). The van der Waals surface area contributed by atoms with Gasteiger partial charge >= 0.3 is 0 Å². The lowest BCUT2D eigenvalue weighted by Crippen LogP contribution is -2.61. The van der Waals surface area contributed by atoms with Gasteiger partial charge in [0.1, 0.15) is 5.75 Å². The van der Waals surface area contributed by atoms with Gasteiger partial charge < -0.3 is 19.1 Å². The number of rotatable bonds is 5. The van der Waals surface area contributed by atoms with Crippen molar-refractivity contribution in [1.29, 1.82) is 0 Å². The van der Waals surface area contributed by atoms with E-state index in [1.165, 1.54) is 74.1 Å². The summed E-state index contributed by atoms with van der Waals surface area (Å²) in [5, 5.41) is 1.39. The third-order valence-corrected chi connectivity index (χ3v) is 11.4. The topological polar surface area (TPSA) is 20.6 Å². The van der Waals surface area contributed by atoms with Gasteiger partial charge in [-0.25, -0.2) is 0 Å². The van der Waals surface area contributed by atoms with Crippen LogP contribution in [0.15, 0.2) is 170 Å². The number of ether oxygens (including phenoxy) is 1. The molecule has 0 N–H and O–H groups in total. The largest absolute Gasteiger partial charge is 0.455 e. The predicted molar refractivity (Wildman–Crippen MR) is 220 cm³/mol. The molecule has 3 aliphatic rings. The van der Waals surface area contributed by atoms with Crippen molar-refractivity contribution >= 4 is 68.1 Å². The van der Waals surface area contributed by atoms with Gasteiger partial charge in [-0.1, -0.05) is 91.0 Å². The van der Waals surface area contributed by atoms with Gasteiger partial charge in [-0.3, -0.25) is 0 Å². The summed E-state index contributed by atoms with van der Waals surface area (Å²) < 4.78 is 9.24. The van der Waals surface area contributed by atoms with Crippen LogP contribution < -0.4 is 30.9 Å². The number of aromatic nitrogens is 1. The zero-order valence-corrected chi connectivity index (χ0v) is 29.3. The Morgan fingerprint density at radius 2 is 1.13 bits per heavy atom. The monoisotopic (exact) mass is 681 g/mol. The first-order valence-corrected chi connectivity index (χ1v) is 18.8. The first-order valence-electron chi connectivity index (χ1n) is 18.8. The molecule has 0 unspecified atom stereocenters. The maximum Gasteiger partial charge on any atom is 0.252 e. The highest BCUT2D eigenvalue weighted by molar-refractivity contribution is 7.00. The number of nitrogens with zero attached hydrogens (tertiary/aromatic N) is 3. The van der Waals surface area contributed by atoms with Gasteiger partial charge in [0, 0.05) is 45.2 Å². The van der Waals surface area contributed by atoms with Gasteiger partial charge in [-0.2, -0.15) is 0 Å². The molecule has 8 aromatic rings. The second kappa shape index (κ2) is 12.1. The molecular formula is C48H36BN3O. The molecule has 0 atom stereocenters. The number of fused-ring (bicyclic) bond motifs is 7. The van der Waals surface area contributed by atoms with Gasteiger partial charge in [0.2, 0.25) is 0 Å². The average Bonchev–Trinajstić information content (AvgIpc) is 3.56. The van der Waals surface area contributed by atoms with Gasteiger partial charge in [0.25, 0.3) is 6.71 Å². The molecule has 0 amide bonds. The maximum atomic E-state index is 6.67. The third kappa shape index (κ3) is 4.63. The maximum absolute atomic E-state index is 6.67. The Morgan fingerprint density at radius 1 is 0.472 bits per heavy atom. The number of hydrogen-bond acceptors (Lipinski definition) is 3. The Balaban J connectivity index is 1.20.